The molecule has 0 aliphatic heterocycles. The summed E-state index contributed by atoms with van der Waals surface area (Å²) in [6, 6.07) is 8.30. The zero-order valence-corrected chi connectivity index (χ0v) is 11.2. The third-order valence-corrected chi connectivity index (χ3v) is 3.15. The van der Waals surface area contributed by atoms with Gasteiger partial charge in [-0.05, 0) is 36.5 Å². The number of benzene rings is 1. The highest BCUT2D eigenvalue weighted by Gasteiger charge is 2.21. The van der Waals surface area contributed by atoms with E-state index in [0.29, 0.717) is 6.04 Å². The lowest BCUT2D eigenvalue weighted by atomic mass is 10.1. The van der Waals surface area contributed by atoms with Gasteiger partial charge in [-0.15, -0.1) is 0 Å². The van der Waals surface area contributed by atoms with Crippen molar-refractivity contribution in [2.75, 3.05) is 6.54 Å². The normalized spacial score (nSPS) is 14.8. The quantitative estimate of drug-likeness (QED) is 0.809. The summed E-state index contributed by atoms with van der Waals surface area (Å²) in [6.45, 7) is 5.87. The van der Waals surface area contributed by atoms with Crippen LogP contribution in [0.5, 0.6) is 0 Å². The van der Waals surface area contributed by atoms with Gasteiger partial charge < -0.3 is 10.6 Å². The summed E-state index contributed by atoms with van der Waals surface area (Å²) in [7, 11) is 0. The molecule has 0 spiro atoms. The molecule has 1 aromatic rings. The van der Waals surface area contributed by atoms with Crippen LogP contribution in [0, 0.1) is 5.92 Å². The molecule has 98 valence electrons. The lowest BCUT2D eigenvalue weighted by Crippen LogP contribution is -2.26. The maximum absolute atomic E-state index is 11.9. The van der Waals surface area contributed by atoms with Gasteiger partial charge in [-0.25, -0.2) is 0 Å². The van der Waals surface area contributed by atoms with Gasteiger partial charge in [-0.1, -0.05) is 26.0 Å². The van der Waals surface area contributed by atoms with Crippen LogP contribution in [0.3, 0.4) is 0 Å². The molecule has 0 aromatic heterocycles. The van der Waals surface area contributed by atoms with Crippen LogP contribution in [0.4, 0.5) is 0 Å². The molecular formula is C15H22N2O. The summed E-state index contributed by atoms with van der Waals surface area (Å²) in [5, 5.41) is 6.35. The minimum Gasteiger partial charge on any atom is -0.352 e. The van der Waals surface area contributed by atoms with Crippen molar-refractivity contribution < 1.29 is 4.79 Å². The summed E-state index contributed by atoms with van der Waals surface area (Å²) in [4.78, 5) is 11.9. The zero-order valence-electron chi connectivity index (χ0n) is 11.2. The fraction of sp³-hybridized carbons (Fsp3) is 0.533. The molecule has 0 saturated heterocycles. The number of carbonyl (C=O) groups is 1. The van der Waals surface area contributed by atoms with E-state index in [1.54, 1.807) is 0 Å². The lowest BCUT2D eigenvalue weighted by molar-refractivity contribution is 0.0951. The molecule has 0 radical (unpaired) electrons. The van der Waals surface area contributed by atoms with Crippen molar-refractivity contribution in [1.29, 1.82) is 0 Å². The summed E-state index contributed by atoms with van der Waals surface area (Å²) in [5.74, 6) is 0.771. The van der Waals surface area contributed by atoms with Gasteiger partial charge in [0, 0.05) is 24.7 Å². The van der Waals surface area contributed by atoms with Gasteiger partial charge in [0.05, 0.1) is 0 Å². The van der Waals surface area contributed by atoms with E-state index in [0.717, 1.165) is 30.1 Å². The maximum atomic E-state index is 11.9. The van der Waals surface area contributed by atoms with Crippen LogP contribution in [-0.2, 0) is 6.54 Å². The summed E-state index contributed by atoms with van der Waals surface area (Å²) in [6.07, 6.45) is 2.53. The summed E-state index contributed by atoms with van der Waals surface area (Å²) in [5.41, 5.74) is 1.92. The van der Waals surface area contributed by atoms with Crippen LogP contribution in [0.1, 0.15) is 42.6 Å². The Kier molecular flexibility index (Phi) is 4.37. The third kappa shape index (κ3) is 4.15. The first-order valence-corrected chi connectivity index (χ1v) is 6.75. The molecule has 3 heteroatoms. The average Bonchev–Trinajstić information content (AvgIpc) is 3.18. The highest BCUT2D eigenvalue weighted by Crippen LogP contribution is 2.27. The largest absolute Gasteiger partial charge is 0.352 e. The van der Waals surface area contributed by atoms with Crippen LogP contribution in [0.15, 0.2) is 24.3 Å². The Bertz CT molecular complexity index is 411. The molecule has 3 nitrogen and oxygen atoms in total. The van der Waals surface area contributed by atoms with Gasteiger partial charge in [-0.2, -0.15) is 0 Å². The molecule has 0 atom stereocenters. The van der Waals surface area contributed by atoms with Gasteiger partial charge in [0.15, 0.2) is 0 Å². The first-order chi connectivity index (χ1) is 8.65. The fourth-order valence-corrected chi connectivity index (χ4v) is 1.81. The second kappa shape index (κ2) is 6.01. The Morgan fingerprint density at radius 3 is 2.83 bits per heavy atom. The van der Waals surface area contributed by atoms with E-state index in [1.807, 2.05) is 24.3 Å². The fourth-order valence-electron chi connectivity index (χ4n) is 1.81. The molecular weight excluding hydrogens is 224 g/mol. The Hall–Kier alpha value is -1.35. The van der Waals surface area contributed by atoms with Gasteiger partial charge in [0.2, 0.25) is 0 Å². The maximum Gasteiger partial charge on any atom is 0.251 e. The molecule has 2 rings (SSSR count). The molecule has 0 bridgehead atoms. The van der Waals surface area contributed by atoms with Crippen LogP contribution in [0.25, 0.3) is 0 Å². The molecule has 0 heterocycles. The molecule has 1 fully saturated rings. The minimum absolute atomic E-state index is 0.0493. The standard InChI is InChI=1S/C15H22N2O/c1-11(2)16-10-13-4-3-5-14(8-13)15(18)17-9-12-6-7-12/h3-5,8,11-12,16H,6-7,9-10H2,1-2H3,(H,17,18). The second-order valence-electron chi connectivity index (χ2n) is 5.39. The molecule has 1 amide bonds. The van der Waals surface area contributed by atoms with Gasteiger partial charge >= 0.3 is 0 Å². The van der Waals surface area contributed by atoms with Crippen molar-refractivity contribution in [2.24, 2.45) is 5.92 Å². The third-order valence-electron chi connectivity index (χ3n) is 3.15. The zero-order chi connectivity index (χ0) is 13.0. The molecule has 1 aliphatic rings. The Morgan fingerprint density at radius 1 is 1.39 bits per heavy atom. The highest BCUT2D eigenvalue weighted by molar-refractivity contribution is 5.94. The Morgan fingerprint density at radius 2 is 2.17 bits per heavy atom. The van der Waals surface area contributed by atoms with E-state index in [2.05, 4.69) is 24.5 Å². The number of rotatable bonds is 6. The van der Waals surface area contributed by atoms with Crippen molar-refractivity contribution in [3.05, 3.63) is 35.4 Å². The second-order valence-corrected chi connectivity index (χ2v) is 5.39. The molecule has 1 saturated carbocycles. The SMILES string of the molecule is CC(C)NCc1cccc(C(=O)NCC2CC2)c1. The summed E-state index contributed by atoms with van der Waals surface area (Å²) >= 11 is 0. The van der Waals surface area contributed by atoms with Crippen molar-refractivity contribution in [3.8, 4) is 0 Å². The van der Waals surface area contributed by atoms with E-state index < -0.39 is 0 Å². The smallest absolute Gasteiger partial charge is 0.251 e. The average molecular weight is 246 g/mol. The van der Waals surface area contributed by atoms with Gasteiger partial charge in [-0.3, -0.25) is 4.79 Å². The van der Waals surface area contributed by atoms with Crippen molar-refractivity contribution in [2.45, 2.75) is 39.3 Å². The predicted octanol–water partition coefficient (Wildman–Crippen LogP) is 2.32. The number of amides is 1. The molecule has 18 heavy (non-hydrogen) atoms. The van der Waals surface area contributed by atoms with E-state index in [-0.39, 0.29) is 5.91 Å². The molecule has 0 unspecified atom stereocenters. The van der Waals surface area contributed by atoms with Crippen LogP contribution >= 0.6 is 0 Å². The van der Waals surface area contributed by atoms with Crippen LogP contribution in [-0.4, -0.2) is 18.5 Å². The topological polar surface area (TPSA) is 41.1 Å². The number of carbonyl (C=O) groups excluding carboxylic acids is 1. The minimum atomic E-state index is 0.0493. The van der Waals surface area contributed by atoms with Crippen molar-refractivity contribution in [3.63, 3.8) is 0 Å². The Labute approximate surface area is 109 Å². The van der Waals surface area contributed by atoms with Crippen LogP contribution in [0.2, 0.25) is 0 Å². The summed E-state index contributed by atoms with van der Waals surface area (Å²) < 4.78 is 0. The van der Waals surface area contributed by atoms with E-state index in [9.17, 15) is 4.79 Å². The number of hydrogen-bond donors (Lipinski definition) is 2. The first kappa shape index (κ1) is 13.1. The first-order valence-electron chi connectivity index (χ1n) is 6.75. The molecule has 2 N–H and O–H groups in total. The lowest BCUT2D eigenvalue weighted by Gasteiger charge is -2.09. The van der Waals surface area contributed by atoms with Crippen LogP contribution < -0.4 is 10.6 Å². The van der Waals surface area contributed by atoms with E-state index >= 15 is 0 Å². The monoisotopic (exact) mass is 246 g/mol. The van der Waals surface area contributed by atoms with E-state index in [4.69, 9.17) is 0 Å². The van der Waals surface area contributed by atoms with E-state index in [1.165, 1.54) is 12.8 Å². The predicted molar refractivity (Wildman–Crippen MR) is 73.5 cm³/mol. The van der Waals surface area contributed by atoms with Gasteiger partial charge in [0.25, 0.3) is 5.91 Å². The Balaban J connectivity index is 1.90. The molecule has 1 aliphatic carbocycles. The highest BCUT2D eigenvalue weighted by atomic mass is 16.1. The number of hydrogen-bond acceptors (Lipinski definition) is 2. The van der Waals surface area contributed by atoms with Crippen molar-refractivity contribution in [1.82, 2.24) is 10.6 Å². The number of nitrogens with one attached hydrogen (secondary N) is 2. The van der Waals surface area contributed by atoms with Gasteiger partial charge in [0.1, 0.15) is 0 Å². The van der Waals surface area contributed by atoms with Crippen molar-refractivity contribution >= 4 is 5.91 Å². The molecule has 1 aromatic carbocycles.